The van der Waals surface area contributed by atoms with Crippen molar-refractivity contribution in [3.05, 3.63) is 29.6 Å². The van der Waals surface area contributed by atoms with Crippen LogP contribution in [0.4, 0.5) is 8.78 Å². The van der Waals surface area contributed by atoms with Crippen molar-refractivity contribution in [2.24, 2.45) is 0 Å². The van der Waals surface area contributed by atoms with Crippen LogP contribution in [0.3, 0.4) is 0 Å². The summed E-state index contributed by atoms with van der Waals surface area (Å²) in [6.45, 7) is 2.60. The summed E-state index contributed by atoms with van der Waals surface area (Å²) in [6.07, 6.45) is 0.704. The normalized spacial score (nSPS) is 10.5. The molecule has 0 aliphatic heterocycles. The topological polar surface area (TPSA) is 70.5 Å². The van der Waals surface area contributed by atoms with Crippen LogP contribution in [0.2, 0.25) is 0 Å². The Morgan fingerprint density at radius 2 is 2.06 bits per heavy atom. The van der Waals surface area contributed by atoms with Crippen molar-refractivity contribution < 1.29 is 23.5 Å². The lowest BCUT2D eigenvalue weighted by atomic mass is 10.2. The van der Waals surface area contributed by atoms with Gasteiger partial charge in [0.15, 0.2) is 11.5 Å². The van der Waals surface area contributed by atoms with E-state index in [9.17, 15) is 18.4 Å². The monoisotopic (exact) mass is 258 g/mol. The van der Waals surface area contributed by atoms with Gasteiger partial charge in [-0.05, 0) is 13.8 Å². The van der Waals surface area contributed by atoms with Gasteiger partial charge < -0.3 is 10.0 Å². The Bertz CT molecular complexity index is 477. The molecule has 0 spiro atoms. The third kappa shape index (κ3) is 3.22. The van der Waals surface area contributed by atoms with E-state index in [1.165, 1.54) is 0 Å². The van der Waals surface area contributed by atoms with Crippen molar-refractivity contribution in [2.75, 3.05) is 6.54 Å². The highest BCUT2D eigenvalue weighted by atomic mass is 19.1. The molecule has 5 nitrogen and oxygen atoms in total. The predicted octanol–water partition coefficient (Wildman–Crippen LogP) is 1.29. The van der Waals surface area contributed by atoms with Gasteiger partial charge in [0.1, 0.15) is 12.4 Å². The number of amides is 1. The molecule has 1 rings (SSSR count). The number of carbonyl (C=O) groups excluding carboxylic acids is 1. The second-order valence-corrected chi connectivity index (χ2v) is 3.90. The number of aromatic nitrogens is 1. The summed E-state index contributed by atoms with van der Waals surface area (Å²) in [5.41, 5.74) is -0.591. The molecule has 7 heteroatoms. The van der Waals surface area contributed by atoms with E-state index in [-0.39, 0.29) is 0 Å². The molecule has 0 aliphatic rings. The van der Waals surface area contributed by atoms with E-state index in [0.717, 1.165) is 4.90 Å². The molecule has 1 aromatic rings. The number of pyridine rings is 1. The van der Waals surface area contributed by atoms with Gasteiger partial charge in [-0.15, -0.1) is 0 Å². The van der Waals surface area contributed by atoms with Gasteiger partial charge in [0.05, 0.1) is 6.20 Å². The number of carboxylic acid groups (broad SMARTS) is 1. The fourth-order valence-corrected chi connectivity index (χ4v) is 1.34. The zero-order valence-electron chi connectivity index (χ0n) is 9.85. The number of hydrogen-bond acceptors (Lipinski definition) is 3. The maximum atomic E-state index is 13.4. The van der Waals surface area contributed by atoms with Gasteiger partial charge >= 0.3 is 5.97 Å². The molecule has 0 bridgehead atoms. The smallest absolute Gasteiger partial charge is 0.323 e. The molecule has 1 N–H and O–H groups in total. The molecule has 0 saturated carbocycles. The number of carbonyl (C=O) groups is 2. The maximum Gasteiger partial charge on any atom is 0.323 e. The van der Waals surface area contributed by atoms with Gasteiger partial charge in [0.25, 0.3) is 5.91 Å². The SMILES string of the molecule is CC(C)N(CC(=O)O)C(=O)c1ncc(F)cc1F. The van der Waals surface area contributed by atoms with Gasteiger partial charge in [0, 0.05) is 12.1 Å². The van der Waals surface area contributed by atoms with Crippen molar-refractivity contribution in [3.8, 4) is 0 Å². The van der Waals surface area contributed by atoms with Gasteiger partial charge in [-0.1, -0.05) is 0 Å². The van der Waals surface area contributed by atoms with Crippen LogP contribution in [0.25, 0.3) is 0 Å². The minimum absolute atomic E-state index is 0.445. The molecule has 1 amide bonds. The van der Waals surface area contributed by atoms with E-state index < -0.39 is 41.8 Å². The van der Waals surface area contributed by atoms with E-state index in [1.54, 1.807) is 13.8 Å². The number of carboxylic acids is 1. The first-order chi connectivity index (χ1) is 8.32. The van der Waals surface area contributed by atoms with Gasteiger partial charge in [-0.25, -0.2) is 13.8 Å². The zero-order valence-corrected chi connectivity index (χ0v) is 9.85. The van der Waals surface area contributed by atoms with Crippen LogP contribution in [-0.4, -0.2) is 39.5 Å². The Morgan fingerprint density at radius 1 is 1.44 bits per heavy atom. The van der Waals surface area contributed by atoms with Crippen LogP contribution in [0, 0.1) is 11.6 Å². The summed E-state index contributed by atoms with van der Waals surface area (Å²) >= 11 is 0. The fraction of sp³-hybridized carbons (Fsp3) is 0.364. The Balaban J connectivity index is 3.05. The standard InChI is InChI=1S/C11H12F2N2O3/c1-6(2)15(5-9(16)17)11(18)10-8(13)3-7(12)4-14-10/h3-4,6H,5H2,1-2H3,(H,16,17). The number of hydrogen-bond donors (Lipinski definition) is 1. The highest BCUT2D eigenvalue weighted by Crippen LogP contribution is 2.11. The lowest BCUT2D eigenvalue weighted by Gasteiger charge is -2.24. The largest absolute Gasteiger partial charge is 0.480 e. The first-order valence-electron chi connectivity index (χ1n) is 5.16. The van der Waals surface area contributed by atoms with Crippen LogP contribution >= 0.6 is 0 Å². The van der Waals surface area contributed by atoms with Gasteiger partial charge in [0.2, 0.25) is 0 Å². The third-order valence-corrected chi connectivity index (χ3v) is 2.20. The Morgan fingerprint density at radius 3 is 2.50 bits per heavy atom. The van der Waals surface area contributed by atoms with Crippen LogP contribution < -0.4 is 0 Å². The Hall–Kier alpha value is -2.05. The van der Waals surface area contributed by atoms with E-state index in [4.69, 9.17) is 5.11 Å². The summed E-state index contributed by atoms with van der Waals surface area (Å²) in [5, 5.41) is 8.67. The predicted molar refractivity (Wildman–Crippen MR) is 58.0 cm³/mol. The Labute approximate surface area is 102 Å². The van der Waals surface area contributed by atoms with E-state index in [2.05, 4.69) is 4.98 Å². The molecule has 0 aromatic carbocycles. The van der Waals surface area contributed by atoms with E-state index in [1.807, 2.05) is 0 Å². The Kier molecular flexibility index (Phi) is 4.30. The molecule has 0 unspecified atom stereocenters. The number of halogens is 2. The summed E-state index contributed by atoms with van der Waals surface area (Å²) in [5.74, 6) is -4.13. The molecule has 0 fully saturated rings. The number of nitrogens with zero attached hydrogens (tertiary/aromatic N) is 2. The maximum absolute atomic E-state index is 13.4. The average Bonchev–Trinajstić information content (AvgIpc) is 2.24. The molecule has 18 heavy (non-hydrogen) atoms. The van der Waals surface area contributed by atoms with Gasteiger partial charge in [-0.3, -0.25) is 9.59 Å². The second kappa shape index (κ2) is 5.52. The van der Waals surface area contributed by atoms with Crippen molar-refractivity contribution >= 4 is 11.9 Å². The summed E-state index contributed by atoms with van der Waals surface area (Å²) in [6, 6.07) is 0.0827. The highest BCUT2D eigenvalue weighted by molar-refractivity contribution is 5.94. The van der Waals surface area contributed by atoms with E-state index in [0.29, 0.717) is 12.3 Å². The molecule has 1 heterocycles. The van der Waals surface area contributed by atoms with Crippen LogP contribution in [0.1, 0.15) is 24.3 Å². The minimum atomic E-state index is -1.22. The average molecular weight is 258 g/mol. The molecule has 0 radical (unpaired) electrons. The lowest BCUT2D eigenvalue weighted by Crippen LogP contribution is -2.41. The molecule has 0 aliphatic carbocycles. The molecular weight excluding hydrogens is 246 g/mol. The lowest BCUT2D eigenvalue weighted by molar-refractivity contribution is -0.138. The third-order valence-electron chi connectivity index (χ3n) is 2.20. The summed E-state index contributed by atoms with van der Waals surface area (Å²) in [4.78, 5) is 26.8. The van der Waals surface area contributed by atoms with Crippen molar-refractivity contribution in [2.45, 2.75) is 19.9 Å². The van der Waals surface area contributed by atoms with Crippen molar-refractivity contribution in [1.29, 1.82) is 0 Å². The molecule has 0 atom stereocenters. The second-order valence-electron chi connectivity index (χ2n) is 3.90. The molecule has 98 valence electrons. The quantitative estimate of drug-likeness (QED) is 0.883. The fourth-order valence-electron chi connectivity index (χ4n) is 1.34. The molecule has 0 saturated heterocycles. The minimum Gasteiger partial charge on any atom is -0.480 e. The van der Waals surface area contributed by atoms with Gasteiger partial charge in [-0.2, -0.15) is 0 Å². The molecular formula is C11H12F2N2O3. The first kappa shape index (κ1) is 14.0. The molecule has 1 aromatic heterocycles. The zero-order chi connectivity index (χ0) is 13.9. The van der Waals surface area contributed by atoms with Crippen LogP contribution in [0.15, 0.2) is 12.3 Å². The summed E-state index contributed by atoms with van der Waals surface area (Å²) in [7, 11) is 0. The highest BCUT2D eigenvalue weighted by Gasteiger charge is 2.25. The van der Waals surface area contributed by atoms with Crippen LogP contribution in [0.5, 0.6) is 0 Å². The van der Waals surface area contributed by atoms with Crippen LogP contribution in [-0.2, 0) is 4.79 Å². The first-order valence-corrected chi connectivity index (χ1v) is 5.16. The van der Waals surface area contributed by atoms with Crippen molar-refractivity contribution in [1.82, 2.24) is 9.88 Å². The van der Waals surface area contributed by atoms with Crippen molar-refractivity contribution in [3.63, 3.8) is 0 Å². The number of rotatable bonds is 4. The number of aliphatic carboxylic acids is 1. The van der Waals surface area contributed by atoms with E-state index >= 15 is 0 Å². The summed E-state index contributed by atoms with van der Waals surface area (Å²) < 4.78 is 26.0.